The van der Waals surface area contributed by atoms with E-state index in [0.29, 0.717) is 6.04 Å². The van der Waals surface area contributed by atoms with Crippen LogP contribution in [0.25, 0.3) is 10.9 Å². The topological polar surface area (TPSA) is 31.1 Å². The van der Waals surface area contributed by atoms with E-state index in [1.807, 2.05) is 0 Å². The number of fused-ring (bicyclic) bond motifs is 1. The first kappa shape index (κ1) is 11.8. The van der Waals surface area contributed by atoms with Crippen LogP contribution in [-0.4, -0.2) is 35.6 Å². The van der Waals surface area contributed by atoms with Crippen molar-refractivity contribution in [3.05, 3.63) is 36.0 Å². The molecule has 1 aliphatic heterocycles. The molecule has 3 heteroatoms. The average molecular weight is 243 g/mol. The Labute approximate surface area is 108 Å². The monoisotopic (exact) mass is 243 g/mol. The van der Waals surface area contributed by atoms with Gasteiger partial charge in [0.15, 0.2) is 0 Å². The van der Waals surface area contributed by atoms with Gasteiger partial charge in [-0.15, -0.1) is 0 Å². The number of nitrogens with one attached hydrogen (secondary N) is 2. The van der Waals surface area contributed by atoms with E-state index >= 15 is 0 Å². The third kappa shape index (κ3) is 2.16. The highest BCUT2D eigenvalue weighted by Gasteiger charge is 2.21. The first-order valence-electron chi connectivity index (χ1n) is 6.88. The maximum Gasteiger partial charge on any atom is 0.0457 e. The Morgan fingerprint density at radius 1 is 1.33 bits per heavy atom. The zero-order chi connectivity index (χ0) is 12.4. The molecule has 1 aliphatic rings. The van der Waals surface area contributed by atoms with Crippen LogP contribution in [0, 0.1) is 0 Å². The fourth-order valence-corrected chi connectivity index (χ4v) is 2.93. The van der Waals surface area contributed by atoms with Gasteiger partial charge in [-0.1, -0.05) is 25.1 Å². The highest BCUT2D eigenvalue weighted by atomic mass is 15.2. The lowest BCUT2D eigenvalue weighted by Gasteiger charge is -2.26. The molecule has 0 amide bonds. The van der Waals surface area contributed by atoms with Crippen molar-refractivity contribution < 1.29 is 0 Å². The summed E-state index contributed by atoms with van der Waals surface area (Å²) in [7, 11) is 0. The molecule has 2 aromatic rings. The van der Waals surface area contributed by atoms with Crippen LogP contribution in [-0.2, 0) is 6.54 Å². The largest absolute Gasteiger partial charge is 0.361 e. The molecule has 2 N–H and O–H groups in total. The number of H-pyrrole nitrogens is 1. The second-order valence-electron chi connectivity index (χ2n) is 5.07. The number of hydrogen-bond donors (Lipinski definition) is 2. The van der Waals surface area contributed by atoms with Gasteiger partial charge in [-0.05, 0) is 31.1 Å². The average Bonchev–Trinajstić information content (AvgIpc) is 3.06. The SMILES string of the molecule is CCN(Cc1c[nH]c2ccccc12)C1CCNC1. The molecule has 1 aromatic heterocycles. The lowest BCUT2D eigenvalue weighted by atomic mass is 10.1. The van der Waals surface area contributed by atoms with Gasteiger partial charge in [0.05, 0.1) is 0 Å². The third-order valence-corrected chi connectivity index (χ3v) is 4.01. The Hall–Kier alpha value is -1.32. The maximum absolute atomic E-state index is 3.45. The molecule has 0 aliphatic carbocycles. The molecule has 1 unspecified atom stereocenters. The van der Waals surface area contributed by atoms with Gasteiger partial charge in [-0.25, -0.2) is 0 Å². The van der Waals surface area contributed by atoms with E-state index < -0.39 is 0 Å². The van der Waals surface area contributed by atoms with E-state index in [-0.39, 0.29) is 0 Å². The molecule has 1 fully saturated rings. The fourth-order valence-electron chi connectivity index (χ4n) is 2.93. The molecule has 2 heterocycles. The zero-order valence-corrected chi connectivity index (χ0v) is 10.9. The quantitative estimate of drug-likeness (QED) is 0.863. The number of benzene rings is 1. The van der Waals surface area contributed by atoms with Crippen molar-refractivity contribution in [1.82, 2.24) is 15.2 Å². The van der Waals surface area contributed by atoms with Crippen LogP contribution in [0.3, 0.4) is 0 Å². The number of likely N-dealkylation sites (N-methyl/N-ethyl adjacent to an activating group) is 1. The molecular formula is C15H21N3. The van der Waals surface area contributed by atoms with Crippen LogP contribution in [0.4, 0.5) is 0 Å². The van der Waals surface area contributed by atoms with Crippen LogP contribution in [0.5, 0.6) is 0 Å². The number of rotatable bonds is 4. The van der Waals surface area contributed by atoms with Gasteiger partial charge < -0.3 is 10.3 Å². The van der Waals surface area contributed by atoms with Crippen LogP contribution in [0.1, 0.15) is 18.9 Å². The Morgan fingerprint density at radius 2 is 2.22 bits per heavy atom. The molecular weight excluding hydrogens is 222 g/mol. The smallest absolute Gasteiger partial charge is 0.0457 e. The standard InChI is InChI=1S/C15H21N3/c1-2-18(13-7-8-16-10-13)11-12-9-17-15-6-4-3-5-14(12)15/h3-6,9,13,16-17H,2,7-8,10-11H2,1H3. The lowest BCUT2D eigenvalue weighted by molar-refractivity contribution is 0.211. The molecule has 0 bridgehead atoms. The summed E-state index contributed by atoms with van der Waals surface area (Å²) in [5.41, 5.74) is 2.66. The first-order chi connectivity index (χ1) is 8.88. The van der Waals surface area contributed by atoms with E-state index in [2.05, 4.69) is 52.6 Å². The molecule has 96 valence electrons. The Balaban J connectivity index is 1.81. The second kappa shape index (κ2) is 5.12. The van der Waals surface area contributed by atoms with Crippen LogP contribution >= 0.6 is 0 Å². The van der Waals surface area contributed by atoms with Crippen molar-refractivity contribution in [3.8, 4) is 0 Å². The van der Waals surface area contributed by atoms with Gasteiger partial charge in [-0.2, -0.15) is 0 Å². The minimum Gasteiger partial charge on any atom is -0.361 e. The van der Waals surface area contributed by atoms with Gasteiger partial charge in [0, 0.05) is 36.2 Å². The number of para-hydroxylation sites is 1. The van der Waals surface area contributed by atoms with Crippen molar-refractivity contribution in [2.24, 2.45) is 0 Å². The van der Waals surface area contributed by atoms with Gasteiger partial charge in [0.25, 0.3) is 0 Å². The molecule has 3 rings (SSSR count). The number of aromatic nitrogens is 1. The Bertz CT molecular complexity index is 511. The number of aromatic amines is 1. The molecule has 0 radical (unpaired) electrons. The molecule has 1 aromatic carbocycles. The number of hydrogen-bond acceptors (Lipinski definition) is 2. The predicted octanol–water partition coefficient (Wildman–Crippen LogP) is 2.35. The minimum atomic E-state index is 0.698. The maximum atomic E-state index is 3.45. The summed E-state index contributed by atoms with van der Waals surface area (Å²) in [6.07, 6.45) is 3.44. The fraction of sp³-hybridized carbons (Fsp3) is 0.467. The van der Waals surface area contributed by atoms with Gasteiger partial charge in [0.1, 0.15) is 0 Å². The van der Waals surface area contributed by atoms with Crippen molar-refractivity contribution in [3.63, 3.8) is 0 Å². The van der Waals surface area contributed by atoms with E-state index in [1.54, 1.807) is 0 Å². The summed E-state index contributed by atoms with van der Waals surface area (Å²) in [6.45, 7) is 6.72. The number of nitrogens with zero attached hydrogens (tertiary/aromatic N) is 1. The summed E-state index contributed by atoms with van der Waals surface area (Å²) >= 11 is 0. The lowest BCUT2D eigenvalue weighted by Crippen LogP contribution is -2.36. The zero-order valence-electron chi connectivity index (χ0n) is 10.9. The highest BCUT2D eigenvalue weighted by Crippen LogP contribution is 2.21. The van der Waals surface area contributed by atoms with E-state index in [1.165, 1.54) is 22.9 Å². The summed E-state index contributed by atoms with van der Waals surface area (Å²) in [4.78, 5) is 5.94. The van der Waals surface area contributed by atoms with E-state index in [4.69, 9.17) is 0 Å². The van der Waals surface area contributed by atoms with Crippen molar-refractivity contribution >= 4 is 10.9 Å². The molecule has 1 atom stereocenters. The minimum absolute atomic E-state index is 0.698. The first-order valence-corrected chi connectivity index (χ1v) is 6.88. The van der Waals surface area contributed by atoms with Crippen LogP contribution in [0.2, 0.25) is 0 Å². The second-order valence-corrected chi connectivity index (χ2v) is 5.07. The van der Waals surface area contributed by atoms with E-state index in [9.17, 15) is 0 Å². The molecule has 0 saturated carbocycles. The third-order valence-electron chi connectivity index (χ3n) is 4.01. The molecule has 0 spiro atoms. The van der Waals surface area contributed by atoms with Gasteiger partial charge >= 0.3 is 0 Å². The Kier molecular flexibility index (Phi) is 3.35. The highest BCUT2D eigenvalue weighted by molar-refractivity contribution is 5.82. The molecule has 3 nitrogen and oxygen atoms in total. The summed E-state index contributed by atoms with van der Waals surface area (Å²) < 4.78 is 0. The normalized spacial score (nSPS) is 20.0. The van der Waals surface area contributed by atoms with Gasteiger partial charge in [-0.3, -0.25) is 4.90 Å². The molecule has 18 heavy (non-hydrogen) atoms. The van der Waals surface area contributed by atoms with Crippen molar-refractivity contribution in [2.75, 3.05) is 19.6 Å². The van der Waals surface area contributed by atoms with Crippen molar-refractivity contribution in [2.45, 2.75) is 25.9 Å². The summed E-state index contributed by atoms with van der Waals surface area (Å²) in [5, 5.41) is 4.82. The van der Waals surface area contributed by atoms with Gasteiger partial charge in [0.2, 0.25) is 0 Å². The molecule has 1 saturated heterocycles. The summed E-state index contributed by atoms with van der Waals surface area (Å²) in [5.74, 6) is 0. The summed E-state index contributed by atoms with van der Waals surface area (Å²) in [6, 6.07) is 9.26. The van der Waals surface area contributed by atoms with Crippen LogP contribution < -0.4 is 5.32 Å². The van der Waals surface area contributed by atoms with E-state index in [0.717, 1.165) is 26.2 Å². The van der Waals surface area contributed by atoms with Crippen LogP contribution in [0.15, 0.2) is 30.5 Å². The van der Waals surface area contributed by atoms with Crippen molar-refractivity contribution in [1.29, 1.82) is 0 Å². The predicted molar refractivity (Wildman–Crippen MR) is 75.7 cm³/mol. The Morgan fingerprint density at radius 3 is 3.00 bits per heavy atom.